The van der Waals surface area contributed by atoms with E-state index < -0.39 is 0 Å². The normalized spacial score (nSPS) is 14.5. The van der Waals surface area contributed by atoms with E-state index in [1.165, 1.54) is 6.92 Å². The van der Waals surface area contributed by atoms with Gasteiger partial charge in [0, 0.05) is 7.05 Å². The topological polar surface area (TPSA) is 69.7 Å². The van der Waals surface area contributed by atoms with Crippen molar-refractivity contribution in [2.75, 3.05) is 28.2 Å². The van der Waals surface area contributed by atoms with Crippen LogP contribution >= 0.6 is 0 Å². The van der Waals surface area contributed by atoms with Gasteiger partial charge in [-0.05, 0) is 55.3 Å². The second-order valence-corrected chi connectivity index (χ2v) is 5.74. The second kappa shape index (κ2) is 11.3. The van der Waals surface area contributed by atoms with Gasteiger partial charge in [-0.1, -0.05) is 6.92 Å². The maximum absolute atomic E-state index is 11.9. The van der Waals surface area contributed by atoms with E-state index in [1.54, 1.807) is 25.9 Å². The lowest BCUT2D eigenvalue weighted by Crippen LogP contribution is -2.48. The van der Waals surface area contributed by atoms with Gasteiger partial charge < -0.3 is 10.2 Å². The molecule has 6 nitrogen and oxygen atoms in total. The van der Waals surface area contributed by atoms with Crippen molar-refractivity contribution in [2.24, 2.45) is 0 Å². The Labute approximate surface area is 135 Å². The summed E-state index contributed by atoms with van der Waals surface area (Å²) in [7, 11) is 7.17. The molecule has 130 valence electrons. The second-order valence-electron chi connectivity index (χ2n) is 5.74. The number of carbonyl (C=O) groups excluding carboxylic acids is 3. The number of carbonyl (C=O) groups is 3. The zero-order chi connectivity index (χ0) is 18.0. The Morgan fingerprint density at radius 3 is 1.64 bits per heavy atom. The van der Waals surface area contributed by atoms with Crippen molar-refractivity contribution in [1.82, 2.24) is 15.1 Å². The Bertz CT molecular complexity index is 370. The molecule has 0 aliphatic carbocycles. The number of nitrogens with one attached hydrogen (secondary N) is 1. The van der Waals surface area contributed by atoms with Crippen LogP contribution in [0.4, 0.5) is 0 Å². The summed E-state index contributed by atoms with van der Waals surface area (Å²) in [6, 6.07) is -0.469. The fraction of sp³-hybridized carbons (Fsp3) is 0.812. The molecule has 0 heterocycles. The predicted octanol–water partition coefficient (Wildman–Crippen LogP) is 0.946. The van der Waals surface area contributed by atoms with Crippen LogP contribution in [-0.2, 0) is 14.4 Å². The molecule has 0 aliphatic rings. The van der Waals surface area contributed by atoms with Gasteiger partial charge in [-0.15, -0.1) is 0 Å². The first-order valence-corrected chi connectivity index (χ1v) is 7.62. The fourth-order valence-electron chi connectivity index (χ4n) is 1.71. The Morgan fingerprint density at radius 1 is 1.00 bits per heavy atom. The number of rotatable bonds is 7. The van der Waals surface area contributed by atoms with Gasteiger partial charge >= 0.3 is 0 Å². The molecule has 0 fully saturated rings. The van der Waals surface area contributed by atoms with Crippen LogP contribution in [0.3, 0.4) is 0 Å². The zero-order valence-electron chi connectivity index (χ0n) is 15.6. The van der Waals surface area contributed by atoms with Crippen molar-refractivity contribution in [3.63, 3.8) is 0 Å². The summed E-state index contributed by atoms with van der Waals surface area (Å²) in [5, 5.41) is 2.81. The Balaban J connectivity index is 0. The molecule has 1 N–H and O–H groups in total. The molecule has 6 heteroatoms. The number of likely N-dealkylation sites (N-methyl/N-ethyl adjacent to an activating group) is 3. The van der Waals surface area contributed by atoms with Gasteiger partial charge in [-0.2, -0.15) is 0 Å². The first-order valence-electron chi connectivity index (χ1n) is 7.62. The average Bonchev–Trinajstić information content (AvgIpc) is 2.45. The van der Waals surface area contributed by atoms with Crippen LogP contribution in [0.5, 0.6) is 0 Å². The van der Waals surface area contributed by atoms with Crippen molar-refractivity contribution in [2.45, 2.75) is 59.2 Å². The monoisotopic (exact) mass is 315 g/mol. The molecule has 0 aliphatic heterocycles. The maximum atomic E-state index is 11.9. The number of hydrogen-bond acceptors (Lipinski definition) is 5. The van der Waals surface area contributed by atoms with E-state index in [0.717, 1.165) is 0 Å². The highest BCUT2D eigenvalue weighted by molar-refractivity contribution is 5.89. The molecular weight excluding hydrogens is 282 g/mol. The molecule has 1 amide bonds. The molecule has 0 radical (unpaired) electrons. The van der Waals surface area contributed by atoms with Crippen molar-refractivity contribution in [3.8, 4) is 0 Å². The standard InChI is InChI=1S/C11H22N2O2.C5H11NO/c1-7-10(9(3)14)13(6)11(15)8(2)12(4)5;1-4(6-3)5(2)7/h8,10H,7H2,1-6H3;4,6H,1-3H3. The largest absolute Gasteiger partial charge is 0.334 e. The maximum Gasteiger partial charge on any atom is 0.239 e. The summed E-state index contributed by atoms with van der Waals surface area (Å²) < 4.78 is 0. The first-order chi connectivity index (χ1) is 10.0. The number of nitrogens with zero attached hydrogens (tertiary/aromatic N) is 2. The Kier molecular flexibility index (Phi) is 11.8. The molecule has 0 saturated carbocycles. The highest BCUT2D eigenvalue weighted by Gasteiger charge is 2.26. The number of hydrogen-bond donors (Lipinski definition) is 1. The highest BCUT2D eigenvalue weighted by atomic mass is 16.2. The van der Waals surface area contributed by atoms with E-state index in [1.807, 2.05) is 39.8 Å². The zero-order valence-corrected chi connectivity index (χ0v) is 15.6. The van der Waals surface area contributed by atoms with E-state index in [-0.39, 0.29) is 35.6 Å². The van der Waals surface area contributed by atoms with Crippen molar-refractivity contribution in [1.29, 1.82) is 0 Å². The summed E-state index contributed by atoms with van der Waals surface area (Å²) in [4.78, 5) is 36.9. The van der Waals surface area contributed by atoms with Crippen molar-refractivity contribution < 1.29 is 14.4 Å². The molecule has 0 aromatic heterocycles. The van der Waals surface area contributed by atoms with Gasteiger partial charge in [0.05, 0.1) is 18.1 Å². The lowest BCUT2D eigenvalue weighted by molar-refractivity contribution is -0.140. The Hall–Kier alpha value is -1.27. The molecule has 0 aromatic carbocycles. The van der Waals surface area contributed by atoms with Gasteiger partial charge in [-0.3, -0.25) is 19.3 Å². The smallest absolute Gasteiger partial charge is 0.239 e. The van der Waals surface area contributed by atoms with Crippen molar-refractivity contribution in [3.05, 3.63) is 0 Å². The van der Waals surface area contributed by atoms with Gasteiger partial charge in [-0.25, -0.2) is 0 Å². The Morgan fingerprint density at radius 2 is 1.45 bits per heavy atom. The quantitative estimate of drug-likeness (QED) is 0.757. The van der Waals surface area contributed by atoms with E-state index in [2.05, 4.69) is 5.32 Å². The van der Waals surface area contributed by atoms with Crippen molar-refractivity contribution >= 4 is 17.5 Å². The average molecular weight is 315 g/mol. The summed E-state index contributed by atoms with van der Waals surface area (Å²) in [6.45, 7) is 8.68. The lowest BCUT2D eigenvalue weighted by atomic mass is 10.1. The van der Waals surface area contributed by atoms with Crippen LogP contribution < -0.4 is 5.32 Å². The third kappa shape index (κ3) is 8.24. The van der Waals surface area contributed by atoms with E-state index in [4.69, 9.17) is 0 Å². The highest BCUT2D eigenvalue weighted by Crippen LogP contribution is 2.07. The summed E-state index contributed by atoms with van der Waals surface area (Å²) >= 11 is 0. The van der Waals surface area contributed by atoms with E-state index >= 15 is 0 Å². The van der Waals surface area contributed by atoms with Gasteiger partial charge in [0.2, 0.25) is 5.91 Å². The van der Waals surface area contributed by atoms with Crippen LogP contribution in [0, 0.1) is 0 Å². The minimum absolute atomic E-state index is 0.0120. The molecule has 3 unspecified atom stereocenters. The van der Waals surface area contributed by atoms with Crippen LogP contribution in [0.15, 0.2) is 0 Å². The van der Waals surface area contributed by atoms with Gasteiger partial charge in [0.15, 0.2) is 5.78 Å². The molecule has 0 aromatic rings. The molecule has 0 saturated heterocycles. The summed E-state index contributed by atoms with van der Waals surface area (Å²) in [5.41, 5.74) is 0. The third-order valence-electron chi connectivity index (χ3n) is 3.85. The molecule has 0 spiro atoms. The molecular formula is C16H33N3O3. The molecule has 3 atom stereocenters. The SMILES string of the molecule is CCC(C(C)=O)N(C)C(=O)C(C)N(C)C.CNC(C)C(C)=O. The number of amides is 1. The van der Waals surface area contributed by atoms with Crippen LogP contribution in [0.1, 0.15) is 41.0 Å². The molecule has 0 bridgehead atoms. The van der Waals surface area contributed by atoms with Crippen LogP contribution in [0.25, 0.3) is 0 Å². The van der Waals surface area contributed by atoms with Gasteiger partial charge in [0.25, 0.3) is 0 Å². The predicted molar refractivity (Wildman–Crippen MR) is 89.9 cm³/mol. The van der Waals surface area contributed by atoms with E-state index in [0.29, 0.717) is 6.42 Å². The molecule has 0 rings (SSSR count). The lowest BCUT2D eigenvalue weighted by Gasteiger charge is -2.30. The van der Waals surface area contributed by atoms with Gasteiger partial charge in [0.1, 0.15) is 5.78 Å². The van der Waals surface area contributed by atoms with Crippen LogP contribution in [0.2, 0.25) is 0 Å². The number of ketones is 2. The summed E-state index contributed by atoms with van der Waals surface area (Å²) in [6.07, 6.45) is 0.664. The van der Waals surface area contributed by atoms with E-state index in [9.17, 15) is 14.4 Å². The third-order valence-corrected chi connectivity index (χ3v) is 3.85. The fourth-order valence-corrected chi connectivity index (χ4v) is 1.71. The minimum atomic E-state index is -0.292. The molecule has 22 heavy (non-hydrogen) atoms. The number of Topliss-reactive ketones (excluding diaryl/α,β-unsaturated/α-hetero) is 2. The van der Waals surface area contributed by atoms with Crippen LogP contribution in [-0.4, -0.2) is 73.6 Å². The summed E-state index contributed by atoms with van der Waals surface area (Å²) in [5.74, 6) is 0.212. The first kappa shape index (κ1) is 23.0. The minimum Gasteiger partial charge on any atom is -0.334 e.